The highest BCUT2D eigenvalue weighted by molar-refractivity contribution is 7.92. The minimum Gasteiger partial charge on any atom is -0.492 e. The average molecular weight is 419 g/mol. The summed E-state index contributed by atoms with van der Waals surface area (Å²) < 4.78 is 33.4. The van der Waals surface area contributed by atoms with Crippen LogP contribution in [0, 0.1) is 0 Å². The van der Waals surface area contributed by atoms with Crippen LogP contribution in [0.4, 0.5) is 5.69 Å². The van der Waals surface area contributed by atoms with Gasteiger partial charge in [-0.25, -0.2) is 8.42 Å². The number of aliphatic hydroxyl groups is 1. The lowest BCUT2D eigenvalue weighted by molar-refractivity contribution is -0.132. The normalized spacial score (nSPS) is 15.2. The molecule has 1 aliphatic heterocycles. The first-order valence-corrected chi connectivity index (χ1v) is 11.2. The number of carbonyl (C=O) groups excluding carboxylic acids is 1. The number of anilines is 1. The molecule has 1 fully saturated rings. The number of hydrogen-bond donors (Lipinski definition) is 2. The molecule has 0 spiro atoms. The summed E-state index contributed by atoms with van der Waals surface area (Å²) in [6.07, 6.45) is 1.14. The van der Waals surface area contributed by atoms with Gasteiger partial charge in [0.05, 0.1) is 19.1 Å². The third-order valence-electron chi connectivity index (χ3n) is 4.82. The van der Waals surface area contributed by atoms with Crippen LogP contribution in [0.2, 0.25) is 0 Å². The number of amides is 1. The van der Waals surface area contributed by atoms with E-state index in [0.717, 1.165) is 5.56 Å². The number of nitrogens with one attached hydrogen (secondary N) is 1. The molecule has 2 aromatic carbocycles. The van der Waals surface area contributed by atoms with Crippen molar-refractivity contribution in [1.29, 1.82) is 0 Å². The summed E-state index contributed by atoms with van der Waals surface area (Å²) in [5.41, 5.74) is 1.22. The topological polar surface area (TPSA) is 95.9 Å². The fourth-order valence-corrected chi connectivity index (χ4v) is 4.46. The summed E-state index contributed by atoms with van der Waals surface area (Å²) in [5, 5.41) is 9.55. The number of carbonyl (C=O) groups is 1. The van der Waals surface area contributed by atoms with Gasteiger partial charge in [-0.2, -0.15) is 0 Å². The number of likely N-dealkylation sites (tertiary alicyclic amines) is 1. The number of rotatable bonds is 7. The summed E-state index contributed by atoms with van der Waals surface area (Å²) in [6.45, 7) is 3.29. The number of ether oxygens (including phenoxy) is 1. The van der Waals surface area contributed by atoms with Gasteiger partial charge in [0.1, 0.15) is 10.6 Å². The van der Waals surface area contributed by atoms with Gasteiger partial charge in [0.15, 0.2) is 0 Å². The Morgan fingerprint density at radius 2 is 1.79 bits per heavy atom. The summed E-state index contributed by atoms with van der Waals surface area (Å²) in [4.78, 5) is 14.2. The van der Waals surface area contributed by atoms with Gasteiger partial charge in [-0.1, -0.05) is 24.3 Å². The second-order valence-electron chi connectivity index (χ2n) is 6.97. The largest absolute Gasteiger partial charge is 0.492 e. The maximum atomic E-state index is 12.7. The van der Waals surface area contributed by atoms with Gasteiger partial charge in [0.2, 0.25) is 5.91 Å². The molecule has 1 heterocycles. The molecule has 2 N–H and O–H groups in total. The van der Waals surface area contributed by atoms with Crippen molar-refractivity contribution in [2.75, 3.05) is 24.4 Å². The molecule has 0 unspecified atom stereocenters. The highest BCUT2D eigenvalue weighted by atomic mass is 32.2. The van der Waals surface area contributed by atoms with E-state index in [4.69, 9.17) is 4.74 Å². The molecule has 8 heteroatoms. The highest BCUT2D eigenvalue weighted by Crippen LogP contribution is 2.26. The molecule has 1 aliphatic rings. The summed E-state index contributed by atoms with van der Waals surface area (Å²) >= 11 is 0. The molecule has 0 bridgehead atoms. The average Bonchev–Trinajstić information content (AvgIpc) is 2.70. The molecule has 0 saturated carbocycles. The molecule has 3 rings (SSSR count). The third kappa shape index (κ3) is 5.48. The number of sulfonamides is 1. The summed E-state index contributed by atoms with van der Waals surface area (Å²) in [7, 11) is -3.80. The van der Waals surface area contributed by atoms with E-state index >= 15 is 0 Å². The van der Waals surface area contributed by atoms with Crippen LogP contribution in [-0.4, -0.2) is 50.1 Å². The molecule has 1 saturated heterocycles. The van der Waals surface area contributed by atoms with E-state index in [1.54, 1.807) is 54.3 Å². The summed E-state index contributed by atoms with van der Waals surface area (Å²) in [5.74, 6) is 0.312. The Morgan fingerprint density at radius 1 is 1.14 bits per heavy atom. The predicted octanol–water partition coefficient (Wildman–Crippen LogP) is 2.41. The predicted molar refractivity (Wildman–Crippen MR) is 110 cm³/mol. The van der Waals surface area contributed by atoms with Crippen LogP contribution in [-0.2, 0) is 21.2 Å². The van der Waals surface area contributed by atoms with E-state index in [1.807, 2.05) is 0 Å². The van der Waals surface area contributed by atoms with Gasteiger partial charge in [-0.15, -0.1) is 0 Å². The Balaban J connectivity index is 1.65. The first kappa shape index (κ1) is 21.1. The Hall–Kier alpha value is -2.58. The third-order valence-corrected chi connectivity index (χ3v) is 6.24. The SMILES string of the molecule is CCOc1ccccc1S(=O)(=O)Nc1ccc(CC(=O)N2CCC(O)CC2)cc1. The van der Waals surface area contributed by atoms with Crippen LogP contribution >= 0.6 is 0 Å². The fraction of sp³-hybridized carbons (Fsp3) is 0.381. The molecular formula is C21H26N2O5S. The van der Waals surface area contributed by atoms with E-state index in [0.29, 0.717) is 44.0 Å². The van der Waals surface area contributed by atoms with Crippen LogP contribution in [0.1, 0.15) is 25.3 Å². The minimum absolute atomic E-state index is 0.0101. The smallest absolute Gasteiger partial charge is 0.265 e. The van der Waals surface area contributed by atoms with Crippen molar-refractivity contribution in [3.05, 3.63) is 54.1 Å². The molecule has 0 radical (unpaired) electrons. The molecule has 156 valence electrons. The van der Waals surface area contributed by atoms with Gasteiger partial charge in [-0.05, 0) is 49.6 Å². The zero-order valence-corrected chi connectivity index (χ0v) is 17.2. The first-order chi connectivity index (χ1) is 13.9. The van der Waals surface area contributed by atoms with Crippen LogP contribution in [0.15, 0.2) is 53.4 Å². The van der Waals surface area contributed by atoms with E-state index in [1.165, 1.54) is 6.07 Å². The van der Waals surface area contributed by atoms with Crippen LogP contribution in [0.25, 0.3) is 0 Å². The quantitative estimate of drug-likeness (QED) is 0.720. The lowest BCUT2D eigenvalue weighted by Gasteiger charge is -2.29. The van der Waals surface area contributed by atoms with Crippen molar-refractivity contribution < 1.29 is 23.1 Å². The van der Waals surface area contributed by atoms with Crippen LogP contribution in [0.5, 0.6) is 5.75 Å². The van der Waals surface area contributed by atoms with Crippen LogP contribution in [0.3, 0.4) is 0 Å². The van der Waals surface area contributed by atoms with Crippen molar-refractivity contribution in [3.63, 3.8) is 0 Å². The first-order valence-electron chi connectivity index (χ1n) is 9.68. The second-order valence-corrected chi connectivity index (χ2v) is 8.62. The molecule has 7 nitrogen and oxygen atoms in total. The second kappa shape index (κ2) is 9.28. The number of nitrogens with zero attached hydrogens (tertiary/aromatic N) is 1. The Morgan fingerprint density at radius 3 is 2.45 bits per heavy atom. The minimum atomic E-state index is -3.80. The van der Waals surface area contributed by atoms with E-state index in [-0.39, 0.29) is 23.3 Å². The van der Waals surface area contributed by atoms with Gasteiger partial charge in [0.25, 0.3) is 10.0 Å². The van der Waals surface area contributed by atoms with Crippen molar-refractivity contribution in [2.24, 2.45) is 0 Å². The van der Waals surface area contributed by atoms with Crippen molar-refractivity contribution in [1.82, 2.24) is 4.90 Å². The zero-order chi connectivity index (χ0) is 20.9. The van der Waals surface area contributed by atoms with Crippen LogP contribution < -0.4 is 9.46 Å². The Bertz CT molecular complexity index is 936. The maximum absolute atomic E-state index is 12.7. The van der Waals surface area contributed by atoms with E-state index < -0.39 is 10.0 Å². The van der Waals surface area contributed by atoms with Gasteiger partial charge >= 0.3 is 0 Å². The molecule has 0 atom stereocenters. The fourth-order valence-electron chi connectivity index (χ4n) is 3.25. The zero-order valence-electron chi connectivity index (χ0n) is 16.4. The van der Waals surface area contributed by atoms with Gasteiger partial charge in [0, 0.05) is 18.8 Å². The highest BCUT2D eigenvalue weighted by Gasteiger charge is 2.22. The lowest BCUT2D eigenvalue weighted by atomic mass is 10.1. The van der Waals surface area contributed by atoms with Crippen molar-refractivity contribution >= 4 is 21.6 Å². The van der Waals surface area contributed by atoms with E-state index in [9.17, 15) is 18.3 Å². The number of hydrogen-bond acceptors (Lipinski definition) is 5. The number of aliphatic hydroxyl groups excluding tert-OH is 1. The maximum Gasteiger partial charge on any atom is 0.265 e. The molecule has 0 aliphatic carbocycles. The Labute approximate surface area is 171 Å². The number of piperidine rings is 1. The molecule has 0 aromatic heterocycles. The molecular weight excluding hydrogens is 392 g/mol. The molecule has 1 amide bonds. The standard InChI is InChI=1S/C21H26N2O5S/c1-2-28-19-5-3-4-6-20(19)29(26,27)22-17-9-7-16(8-10-17)15-21(25)23-13-11-18(24)12-14-23/h3-10,18,22,24H,2,11-15H2,1H3. The van der Waals surface area contributed by atoms with E-state index in [2.05, 4.69) is 4.72 Å². The van der Waals surface area contributed by atoms with Crippen molar-refractivity contribution in [3.8, 4) is 5.75 Å². The Kier molecular flexibility index (Phi) is 6.76. The number of para-hydroxylation sites is 1. The van der Waals surface area contributed by atoms with Gasteiger partial charge < -0.3 is 14.7 Å². The molecule has 2 aromatic rings. The lowest BCUT2D eigenvalue weighted by Crippen LogP contribution is -2.40. The van der Waals surface area contributed by atoms with Crippen molar-refractivity contribution in [2.45, 2.75) is 37.2 Å². The monoisotopic (exact) mass is 418 g/mol. The van der Waals surface area contributed by atoms with Gasteiger partial charge in [-0.3, -0.25) is 9.52 Å². The molecule has 29 heavy (non-hydrogen) atoms. The summed E-state index contributed by atoms with van der Waals surface area (Å²) in [6, 6.07) is 13.2. The number of benzene rings is 2.